The molecule has 0 saturated carbocycles. The molecule has 5 nitrogen and oxygen atoms in total. The molecule has 2 aromatic rings. The van der Waals surface area contributed by atoms with Crippen molar-refractivity contribution in [3.8, 4) is 0 Å². The predicted octanol–water partition coefficient (Wildman–Crippen LogP) is 3.40. The molecule has 3 amide bonds. The van der Waals surface area contributed by atoms with Crippen LogP contribution in [0.1, 0.15) is 13.8 Å². The molecule has 0 aliphatic heterocycles. The molecule has 0 bridgehead atoms. The van der Waals surface area contributed by atoms with Gasteiger partial charge in [0.2, 0.25) is 5.91 Å². The molecule has 2 rings (SSSR count). The first-order chi connectivity index (χ1) is 11.3. The maximum Gasteiger partial charge on any atom is 0.327 e. The van der Waals surface area contributed by atoms with E-state index in [0.717, 1.165) is 11.4 Å². The van der Waals surface area contributed by atoms with Crippen LogP contribution < -0.4 is 10.2 Å². The van der Waals surface area contributed by atoms with E-state index in [1.54, 1.807) is 32.8 Å². The third kappa shape index (κ3) is 3.93. The molecular weight excluding hydrogens is 302 g/mol. The van der Waals surface area contributed by atoms with Gasteiger partial charge in [0.15, 0.2) is 0 Å². The van der Waals surface area contributed by atoms with E-state index < -0.39 is 5.54 Å². The Hall–Kier alpha value is -2.82. The van der Waals surface area contributed by atoms with Crippen molar-refractivity contribution in [2.75, 3.05) is 19.0 Å². The van der Waals surface area contributed by atoms with Crippen LogP contribution >= 0.6 is 0 Å². The normalized spacial score (nSPS) is 10.8. The number of rotatable bonds is 4. The number of hydrogen-bond donors (Lipinski definition) is 1. The standard InChI is InChI=1S/C19H23N3O2/c1-19(2,17(23)21(3)4)20-18(24)22(15-11-7-5-8-12-15)16-13-9-6-10-14-16/h5-14H,1-4H3,(H,20,24). The highest BCUT2D eigenvalue weighted by Gasteiger charge is 2.33. The lowest BCUT2D eigenvalue weighted by molar-refractivity contribution is -0.134. The van der Waals surface area contributed by atoms with E-state index >= 15 is 0 Å². The van der Waals surface area contributed by atoms with Crippen LogP contribution in [0, 0.1) is 0 Å². The molecule has 0 saturated heterocycles. The first-order valence-corrected chi connectivity index (χ1v) is 7.77. The fourth-order valence-corrected chi connectivity index (χ4v) is 2.47. The van der Waals surface area contributed by atoms with E-state index in [2.05, 4.69) is 5.32 Å². The van der Waals surface area contributed by atoms with Crippen LogP contribution in [-0.2, 0) is 4.79 Å². The van der Waals surface area contributed by atoms with E-state index in [1.807, 2.05) is 60.7 Å². The maximum absolute atomic E-state index is 12.9. The van der Waals surface area contributed by atoms with Crippen LogP contribution in [0.2, 0.25) is 0 Å². The Balaban J connectivity index is 2.35. The number of nitrogens with zero attached hydrogens (tertiary/aromatic N) is 2. The van der Waals surface area contributed by atoms with Crippen molar-refractivity contribution in [1.29, 1.82) is 0 Å². The van der Waals surface area contributed by atoms with E-state index in [9.17, 15) is 9.59 Å². The number of amides is 3. The number of carbonyl (C=O) groups is 2. The lowest BCUT2D eigenvalue weighted by Gasteiger charge is -2.32. The largest absolute Gasteiger partial charge is 0.347 e. The van der Waals surface area contributed by atoms with Crippen molar-refractivity contribution in [2.24, 2.45) is 0 Å². The van der Waals surface area contributed by atoms with E-state index in [-0.39, 0.29) is 11.9 Å². The lowest BCUT2D eigenvalue weighted by atomic mass is 10.0. The number of likely N-dealkylation sites (N-methyl/N-ethyl adjacent to an activating group) is 1. The maximum atomic E-state index is 12.9. The molecule has 0 fully saturated rings. The lowest BCUT2D eigenvalue weighted by Crippen LogP contribution is -2.56. The number of carbonyl (C=O) groups excluding carboxylic acids is 2. The van der Waals surface area contributed by atoms with Gasteiger partial charge in [-0.2, -0.15) is 0 Å². The van der Waals surface area contributed by atoms with Crippen LogP contribution in [0.3, 0.4) is 0 Å². The zero-order valence-electron chi connectivity index (χ0n) is 14.5. The highest BCUT2D eigenvalue weighted by atomic mass is 16.2. The second-order valence-corrected chi connectivity index (χ2v) is 6.26. The van der Waals surface area contributed by atoms with Crippen molar-refractivity contribution in [2.45, 2.75) is 19.4 Å². The van der Waals surface area contributed by atoms with Gasteiger partial charge in [0.05, 0.1) is 11.4 Å². The van der Waals surface area contributed by atoms with Gasteiger partial charge in [-0.25, -0.2) is 4.79 Å². The van der Waals surface area contributed by atoms with Crippen LogP contribution in [0.5, 0.6) is 0 Å². The Bertz CT molecular complexity index is 658. The number of urea groups is 1. The van der Waals surface area contributed by atoms with Gasteiger partial charge >= 0.3 is 6.03 Å². The average molecular weight is 325 g/mol. The van der Waals surface area contributed by atoms with Crippen LogP contribution in [-0.4, -0.2) is 36.5 Å². The second kappa shape index (κ2) is 7.17. The highest BCUT2D eigenvalue weighted by molar-refractivity contribution is 6.02. The van der Waals surface area contributed by atoms with Gasteiger partial charge in [-0.3, -0.25) is 9.69 Å². The Morgan fingerprint density at radius 1 is 0.833 bits per heavy atom. The minimum Gasteiger partial charge on any atom is -0.347 e. The van der Waals surface area contributed by atoms with Crippen molar-refractivity contribution in [3.05, 3.63) is 60.7 Å². The summed E-state index contributed by atoms with van der Waals surface area (Å²) < 4.78 is 0. The molecule has 2 aromatic carbocycles. The van der Waals surface area contributed by atoms with Crippen molar-refractivity contribution < 1.29 is 9.59 Å². The fourth-order valence-electron chi connectivity index (χ4n) is 2.47. The van der Waals surface area contributed by atoms with Gasteiger partial charge in [-0.1, -0.05) is 36.4 Å². The Kier molecular flexibility index (Phi) is 5.24. The van der Waals surface area contributed by atoms with Crippen LogP contribution in [0.4, 0.5) is 16.2 Å². The highest BCUT2D eigenvalue weighted by Crippen LogP contribution is 2.25. The molecule has 24 heavy (non-hydrogen) atoms. The van der Waals surface area contributed by atoms with E-state index in [1.165, 1.54) is 4.90 Å². The summed E-state index contributed by atoms with van der Waals surface area (Å²) in [6.07, 6.45) is 0. The van der Waals surface area contributed by atoms with E-state index in [4.69, 9.17) is 0 Å². The Morgan fingerprint density at radius 3 is 1.62 bits per heavy atom. The average Bonchev–Trinajstić information content (AvgIpc) is 2.55. The van der Waals surface area contributed by atoms with Crippen molar-refractivity contribution in [1.82, 2.24) is 10.2 Å². The summed E-state index contributed by atoms with van der Waals surface area (Å²) in [4.78, 5) is 28.2. The number of nitrogens with one attached hydrogen (secondary N) is 1. The van der Waals surface area contributed by atoms with Gasteiger partial charge in [-0.15, -0.1) is 0 Å². The molecule has 0 aliphatic rings. The summed E-state index contributed by atoms with van der Waals surface area (Å²) in [6.45, 7) is 3.39. The molecule has 5 heteroatoms. The quantitative estimate of drug-likeness (QED) is 0.936. The third-order valence-electron chi connectivity index (χ3n) is 3.59. The molecule has 0 aliphatic carbocycles. The van der Waals surface area contributed by atoms with Gasteiger partial charge in [0.1, 0.15) is 5.54 Å². The predicted molar refractivity (Wildman–Crippen MR) is 96.3 cm³/mol. The summed E-state index contributed by atoms with van der Waals surface area (Å²) in [5, 5.41) is 2.83. The van der Waals surface area contributed by atoms with Crippen LogP contribution in [0.25, 0.3) is 0 Å². The zero-order valence-corrected chi connectivity index (χ0v) is 14.5. The minimum atomic E-state index is -1.01. The van der Waals surface area contributed by atoms with Crippen molar-refractivity contribution in [3.63, 3.8) is 0 Å². The van der Waals surface area contributed by atoms with Gasteiger partial charge in [-0.05, 0) is 38.1 Å². The zero-order chi connectivity index (χ0) is 17.7. The molecule has 126 valence electrons. The number of para-hydroxylation sites is 2. The van der Waals surface area contributed by atoms with E-state index in [0.29, 0.717) is 0 Å². The Labute approximate surface area is 142 Å². The first kappa shape index (κ1) is 17.5. The summed E-state index contributed by atoms with van der Waals surface area (Å²) >= 11 is 0. The molecule has 1 N–H and O–H groups in total. The first-order valence-electron chi connectivity index (χ1n) is 7.77. The third-order valence-corrected chi connectivity index (χ3v) is 3.59. The molecule has 0 unspecified atom stereocenters. The fraction of sp³-hybridized carbons (Fsp3) is 0.263. The SMILES string of the molecule is CN(C)C(=O)C(C)(C)NC(=O)N(c1ccccc1)c1ccccc1. The molecule has 0 radical (unpaired) electrons. The number of anilines is 2. The Morgan fingerprint density at radius 2 is 1.25 bits per heavy atom. The molecule has 0 spiro atoms. The van der Waals surface area contributed by atoms with Crippen LogP contribution in [0.15, 0.2) is 60.7 Å². The van der Waals surface area contributed by atoms with Gasteiger partial charge in [0.25, 0.3) is 0 Å². The topological polar surface area (TPSA) is 52.7 Å². The smallest absolute Gasteiger partial charge is 0.327 e. The summed E-state index contributed by atoms with van der Waals surface area (Å²) in [5.74, 6) is -0.170. The van der Waals surface area contributed by atoms with Gasteiger partial charge in [0, 0.05) is 14.1 Å². The number of hydrogen-bond acceptors (Lipinski definition) is 2. The summed E-state index contributed by atoms with van der Waals surface area (Å²) in [5.41, 5.74) is 0.450. The molecule has 0 atom stereocenters. The van der Waals surface area contributed by atoms with Crippen molar-refractivity contribution >= 4 is 23.3 Å². The minimum absolute atomic E-state index is 0.170. The number of benzene rings is 2. The molecule has 0 heterocycles. The summed E-state index contributed by atoms with van der Waals surface area (Å²) in [6, 6.07) is 18.3. The summed E-state index contributed by atoms with van der Waals surface area (Å²) in [7, 11) is 3.34. The monoisotopic (exact) mass is 325 g/mol. The molecular formula is C19H23N3O2. The second-order valence-electron chi connectivity index (χ2n) is 6.26. The van der Waals surface area contributed by atoms with Gasteiger partial charge < -0.3 is 10.2 Å². The molecule has 0 aromatic heterocycles.